The van der Waals surface area contributed by atoms with Gasteiger partial charge in [0.05, 0.1) is 18.4 Å². The summed E-state index contributed by atoms with van der Waals surface area (Å²) >= 11 is 0. The molecule has 142 valence electrons. The van der Waals surface area contributed by atoms with Crippen LogP contribution in [0.15, 0.2) is 53.8 Å². The second kappa shape index (κ2) is 9.12. The van der Waals surface area contributed by atoms with Crippen LogP contribution in [0, 0.1) is 11.7 Å². The number of nitrogens with one attached hydrogen (secondary N) is 2. The highest BCUT2D eigenvalue weighted by Gasteiger charge is 2.25. The molecule has 0 spiro atoms. The minimum atomic E-state index is -0.207. The third-order valence-corrected chi connectivity index (χ3v) is 4.59. The summed E-state index contributed by atoms with van der Waals surface area (Å²) < 4.78 is 13.0. The van der Waals surface area contributed by atoms with Gasteiger partial charge in [0.15, 0.2) is 5.96 Å². The number of carbonyl (C=O) groups is 1. The molecule has 1 saturated heterocycles. The Bertz CT molecular complexity index is 779. The maximum absolute atomic E-state index is 13.0. The largest absolute Gasteiger partial charge is 0.347 e. The molecule has 2 heterocycles. The monoisotopic (exact) mass is 369 g/mol. The molecule has 2 aromatic rings. The van der Waals surface area contributed by atoms with Crippen molar-refractivity contribution in [3.8, 4) is 0 Å². The Kier molecular flexibility index (Phi) is 6.35. The number of anilines is 1. The number of guanidine groups is 1. The molecule has 0 saturated carbocycles. The quantitative estimate of drug-likeness (QED) is 0.627. The van der Waals surface area contributed by atoms with Gasteiger partial charge in [-0.05, 0) is 48.6 Å². The van der Waals surface area contributed by atoms with Crippen molar-refractivity contribution >= 4 is 17.6 Å². The van der Waals surface area contributed by atoms with E-state index in [1.54, 1.807) is 31.6 Å². The molecule has 1 fully saturated rings. The summed E-state index contributed by atoms with van der Waals surface area (Å²) in [6.07, 6.45) is 5.22. The molecule has 1 aromatic carbocycles. The highest BCUT2D eigenvalue weighted by atomic mass is 19.1. The van der Waals surface area contributed by atoms with Crippen LogP contribution in [-0.2, 0) is 11.2 Å². The molecule has 1 unspecified atom stereocenters. The van der Waals surface area contributed by atoms with Crippen LogP contribution in [0.4, 0.5) is 10.1 Å². The predicted molar refractivity (Wildman–Crippen MR) is 104 cm³/mol. The number of benzene rings is 1. The van der Waals surface area contributed by atoms with Gasteiger partial charge in [0.2, 0.25) is 5.91 Å². The molecule has 27 heavy (non-hydrogen) atoms. The third kappa shape index (κ3) is 5.51. The lowest BCUT2D eigenvalue weighted by molar-refractivity contribution is -0.115. The average molecular weight is 369 g/mol. The van der Waals surface area contributed by atoms with E-state index in [2.05, 4.69) is 25.5 Å². The smallest absolute Gasteiger partial charge is 0.243 e. The normalized spacial score (nSPS) is 17.0. The van der Waals surface area contributed by atoms with Crippen LogP contribution in [0.3, 0.4) is 0 Å². The summed E-state index contributed by atoms with van der Waals surface area (Å²) in [5.41, 5.74) is 1.81. The van der Waals surface area contributed by atoms with E-state index in [0.717, 1.165) is 37.5 Å². The number of nitrogens with zero attached hydrogens (tertiary/aromatic N) is 3. The van der Waals surface area contributed by atoms with Gasteiger partial charge < -0.3 is 15.5 Å². The molecule has 0 bridgehead atoms. The number of halogens is 1. The SMILES string of the molecule is CN=C(NCC(=O)Nc1cccnc1)N1CCC(Cc2ccc(F)cc2)C1. The van der Waals surface area contributed by atoms with Crippen molar-refractivity contribution in [2.24, 2.45) is 10.9 Å². The number of amides is 1. The molecule has 1 atom stereocenters. The topological polar surface area (TPSA) is 69.6 Å². The van der Waals surface area contributed by atoms with Gasteiger partial charge in [-0.1, -0.05) is 12.1 Å². The lowest BCUT2D eigenvalue weighted by Crippen LogP contribution is -2.43. The molecular formula is C20H24FN5O. The summed E-state index contributed by atoms with van der Waals surface area (Å²) in [6, 6.07) is 10.3. The van der Waals surface area contributed by atoms with Crippen LogP contribution < -0.4 is 10.6 Å². The van der Waals surface area contributed by atoms with Crippen molar-refractivity contribution in [1.82, 2.24) is 15.2 Å². The molecule has 1 aliphatic rings. The zero-order valence-electron chi connectivity index (χ0n) is 15.4. The number of hydrogen-bond acceptors (Lipinski definition) is 3. The van der Waals surface area contributed by atoms with Crippen molar-refractivity contribution in [1.29, 1.82) is 0 Å². The first kappa shape index (κ1) is 18.8. The van der Waals surface area contributed by atoms with E-state index < -0.39 is 0 Å². The number of carbonyl (C=O) groups excluding carboxylic acids is 1. The van der Waals surface area contributed by atoms with Gasteiger partial charge in [0.25, 0.3) is 0 Å². The van der Waals surface area contributed by atoms with E-state index in [1.807, 2.05) is 12.1 Å². The van der Waals surface area contributed by atoms with E-state index in [-0.39, 0.29) is 18.3 Å². The van der Waals surface area contributed by atoms with Gasteiger partial charge >= 0.3 is 0 Å². The molecule has 1 aromatic heterocycles. The first-order valence-electron chi connectivity index (χ1n) is 9.04. The zero-order chi connectivity index (χ0) is 19.1. The molecule has 2 N–H and O–H groups in total. The Morgan fingerprint density at radius 1 is 1.33 bits per heavy atom. The lowest BCUT2D eigenvalue weighted by atomic mass is 9.99. The van der Waals surface area contributed by atoms with Crippen LogP contribution in [0.25, 0.3) is 0 Å². The van der Waals surface area contributed by atoms with E-state index in [0.29, 0.717) is 11.6 Å². The van der Waals surface area contributed by atoms with Gasteiger partial charge in [0.1, 0.15) is 5.82 Å². The molecule has 3 rings (SSSR count). The number of rotatable bonds is 5. The van der Waals surface area contributed by atoms with Gasteiger partial charge in [-0.15, -0.1) is 0 Å². The lowest BCUT2D eigenvalue weighted by Gasteiger charge is -2.21. The summed E-state index contributed by atoms with van der Waals surface area (Å²) in [5.74, 6) is 0.850. The average Bonchev–Trinajstić information content (AvgIpc) is 3.13. The highest BCUT2D eigenvalue weighted by Crippen LogP contribution is 2.21. The highest BCUT2D eigenvalue weighted by molar-refractivity contribution is 5.94. The van der Waals surface area contributed by atoms with E-state index in [4.69, 9.17) is 0 Å². The Morgan fingerprint density at radius 2 is 2.15 bits per heavy atom. The van der Waals surface area contributed by atoms with E-state index in [1.165, 1.54) is 12.1 Å². The minimum Gasteiger partial charge on any atom is -0.347 e. The van der Waals surface area contributed by atoms with Crippen molar-refractivity contribution in [3.63, 3.8) is 0 Å². The second-order valence-corrected chi connectivity index (χ2v) is 6.62. The Labute approximate surface area is 158 Å². The van der Waals surface area contributed by atoms with Crippen molar-refractivity contribution in [3.05, 3.63) is 60.2 Å². The van der Waals surface area contributed by atoms with Crippen LogP contribution in [0.1, 0.15) is 12.0 Å². The molecule has 7 heteroatoms. The maximum Gasteiger partial charge on any atom is 0.243 e. The second-order valence-electron chi connectivity index (χ2n) is 6.62. The molecule has 0 aliphatic carbocycles. The van der Waals surface area contributed by atoms with Crippen LogP contribution in [0.5, 0.6) is 0 Å². The molecule has 6 nitrogen and oxygen atoms in total. The fourth-order valence-corrected chi connectivity index (χ4v) is 3.28. The summed E-state index contributed by atoms with van der Waals surface area (Å²) in [7, 11) is 1.72. The number of aliphatic imine (C=N–C) groups is 1. The van der Waals surface area contributed by atoms with Crippen molar-refractivity contribution in [2.45, 2.75) is 12.8 Å². The van der Waals surface area contributed by atoms with Crippen LogP contribution >= 0.6 is 0 Å². The fraction of sp³-hybridized carbons (Fsp3) is 0.350. The maximum atomic E-state index is 13.0. The van der Waals surface area contributed by atoms with Gasteiger partial charge in [-0.25, -0.2) is 4.39 Å². The van der Waals surface area contributed by atoms with Crippen molar-refractivity contribution < 1.29 is 9.18 Å². The standard InChI is InChI=1S/C20H24FN5O/c1-22-20(24-13-19(27)25-18-3-2-9-23-12-18)26-10-8-16(14-26)11-15-4-6-17(21)7-5-15/h2-7,9,12,16H,8,10-11,13-14H2,1H3,(H,22,24)(H,25,27). The molecule has 1 amide bonds. The van der Waals surface area contributed by atoms with Gasteiger partial charge in [-0.3, -0.25) is 14.8 Å². The summed E-state index contributed by atoms with van der Waals surface area (Å²) in [5, 5.41) is 5.91. The predicted octanol–water partition coefficient (Wildman–Crippen LogP) is 2.30. The Hall–Kier alpha value is -2.96. The Morgan fingerprint density at radius 3 is 2.85 bits per heavy atom. The van der Waals surface area contributed by atoms with Gasteiger partial charge in [-0.2, -0.15) is 0 Å². The summed E-state index contributed by atoms with van der Waals surface area (Å²) in [6.45, 7) is 1.89. The first-order chi connectivity index (χ1) is 13.1. The molecular weight excluding hydrogens is 345 g/mol. The van der Waals surface area contributed by atoms with Crippen LogP contribution in [0.2, 0.25) is 0 Å². The number of likely N-dealkylation sites (tertiary alicyclic amines) is 1. The molecule has 1 aliphatic heterocycles. The van der Waals surface area contributed by atoms with Crippen molar-refractivity contribution in [2.75, 3.05) is 32.0 Å². The van der Waals surface area contributed by atoms with Crippen LogP contribution in [-0.4, -0.2) is 48.4 Å². The minimum absolute atomic E-state index is 0.140. The van der Waals surface area contributed by atoms with E-state index in [9.17, 15) is 9.18 Å². The molecule has 0 radical (unpaired) electrons. The number of aromatic nitrogens is 1. The number of pyridine rings is 1. The first-order valence-corrected chi connectivity index (χ1v) is 9.04. The number of hydrogen-bond donors (Lipinski definition) is 2. The fourth-order valence-electron chi connectivity index (χ4n) is 3.28. The zero-order valence-corrected chi connectivity index (χ0v) is 15.4. The van der Waals surface area contributed by atoms with E-state index >= 15 is 0 Å². The Balaban J connectivity index is 1.46. The summed E-state index contributed by atoms with van der Waals surface area (Å²) in [4.78, 5) is 22.5. The third-order valence-electron chi connectivity index (χ3n) is 4.59. The van der Waals surface area contributed by atoms with Gasteiger partial charge in [0, 0.05) is 26.3 Å².